The van der Waals surface area contributed by atoms with Gasteiger partial charge in [0.15, 0.2) is 0 Å². The molecular formula is C40H48N4O6. The molecule has 264 valence electrons. The predicted octanol–water partition coefficient (Wildman–Crippen LogP) is 9.25. The second kappa shape index (κ2) is 14.8. The van der Waals surface area contributed by atoms with Crippen molar-refractivity contribution in [3.05, 3.63) is 95.6 Å². The number of carbonyl (C=O) groups is 3. The van der Waals surface area contributed by atoms with E-state index in [0.29, 0.717) is 35.9 Å². The molecule has 3 heterocycles. The van der Waals surface area contributed by atoms with Gasteiger partial charge in [-0.1, -0.05) is 19.4 Å². The van der Waals surface area contributed by atoms with Crippen LogP contribution in [0.25, 0.3) is 21.8 Å². The van der Waals surface area contributed by atoms with Gasteiger partial charge in [-0.2, -0.15) is 0 Å². The average Bonchev–Trinajstić information content (AvgIpc) is 3.66. The zero-order valence-corrected chi connectivity index (χ0v) is 30.1. The van der Waals surface area contributed by atoms with Crippen LogP contribution in [0, 0.1) is 0 Å². The second-order valence-electron chi connectivity index (χ2n) is 14.7. The third-order valence-corrected chi connectivity index (χ3v) is 8.01. The fraction of sp³-hybridized carbons (Fsp3) is 0.400. The van der Waals surface area contributed by atoms with E-state index in [1.54, 1.807) is 18.5 Å². The number of carbonyl (C=O) groups excluding carboxylic acids is 3. The summed E-state index contributed by atoms with van der Waals surface area (Å²) in [7, 11) is 0. The van der Waals surface area contributed by atoms with Crippen molar-refractivity contribution < 1.29 is 28.6 Å². The van der Waals surface area contributed by atoms with Gasteiger partial charge in [0.1, 0.15) is 11.2 Å². The number of nitrogen functional groups attached to an aromatic ring is 1. The monoisotopic (exact) mass is 680 g/mol. The molecule has 2 N–H and O–H groups in total. The van der Waals surface area contributed by atoms with Crippen molar-refractivity contribution in [2.24, 2.45) is 0 Å². The van der Waals surface area contributed by atoms with Gasteiger partial charge in [-0.3, -0.25) is 14.1 Å². The zero-order chi connectivity index (χ0) is 36.2. The van der Waals surface area contributed by atoms with Gasteiger partial charge in [0.05, 0.1) is 28.9 Å². The van der Waals surface area contributed by atoms with Crippen LogP contribution in [-0.4, -0.2) is 50.1 Å². The molecule has 0 amide bonds. The number of esters is 1. The van der Waals surface area contributed by atoms with Crippen LogP contribution in [0.5, 0.6) is 0 Å². The highest BCUT2D eigenvalue weighted by Crippen LogP contribution is 2.40. The van der Waals surface area contributed by atoms with Gasteiger partial charge in [-0.15, -0.1) is 0 Å². The van der Waals surface area contributed by atoms with Crippen molar-refractivity contribution in [1.82, 2.24) is 14.1 Å². The molecule has 3 aromatic heterocycles. The third-order valence-electron chi connectivity index (χ3n) is 8.01. The summed E-state index contributed by atoms with van der Waals surface area (Å²) in [6.45, 7) is 13.6. The largest absolute Gasteiger partial charge is 0.462 e. The van der Waals surface area contributed by atoms with Crippen molar-refractivity contribution >= 4 is 45.6 Å². The average molecular weight is 681 g/mol. The maximum atomic E-state index is 12.8. The second-order valence-corrected chi connectivity index (χ2v) is 14.7. The van der Waals surface area contributed by atoms with Crippen LogP contribution in [0.1, 0.15) is 107 Å². The SMILES string of the molecule is CC(C)(C)OC(=O)n1ccc2cc(N)ccc21.CCCCOC(=O)c1cc(C2CC2)cnc1Cc1ccc2c(ccn2C(=O)OC(C)(C)C)c1. The molecule has 50 heavy (non-hydrogen) atoms. The van der Waals surface area contributed by atoms with Gasteiger partial charge >= 0.3 is 18.2 Å². The molecule has 2 aromatic carbocycles. The minimum absolute atomic E-state index is 0.300. The van der Waals surface area contributed by atoms with E-state index in [-0.39, 0.29) is 12.1 Å². The Labute approximate surface area is 293 Å². The Kier molecular flexibility index (Phi) is 10.7. The van der Waals surface area contributed by atoms with E-state index in [1.165, 1.54) is 9.13 Å². The number of aromatic nitrogens is 3. The predicted molar refractivity (Wildman–Crippen MR) is 196 cm³/mol. The first kappa shape index (κ1) is 36.2. The summed E-state index contributed by atoms with van der Waals surface area (Å²) in [6, 6.07) is 17.0. The molecule has 1 aliphatic carbocycles. The molecular weight excluding hydrogens is 632 g/mol. The maximum absolute atomic E-state index is 12.8. The normalized spacial score (nSPS) is 13.1. The molecule has 5 aromatic rings. The van der Waals surface area contributed by atoms with Crippen LogP contribution in [0.3, 0.4) is 0 Å². The summed E-state index contributed by atoms with van der Waals surface area (Å²) in [5.41, 5.74) is 10.3. The van der Waals surface area contributed by atoms with Crippen LogP contribution in [0.15, 0.2) is 73.2 Å². The fourth-order valence-electron chi connectivity index (χ4n) is 5.45. The molecule has 0 radical (unpaired) electrons. The summed E-state index contributed by atoms with van der Waals surface area (Å²) < 4.78 is 19.3. The number of ether oxygens (including phenoxy) is 3. The number of pyridine rings is 1. The number of nitrogens with zero attached hydrogens (tertiary/aromatic N) is 3. The van der Waals surface area contributed by atoms with Gasteiger partial charge in [0.2, 0.25) is 0 Å². The summed E-state index contributed by atoms with van der Waals surface area (Å²) in [4.78, 5) is 41.9. The molecule has 0 bridgehead atoms. The topological polar surface area (TPSA) is 128 Å². The molecule has 0 spiro atoms. The minimum Gasteiger partial charge on any atom is -0.462 e. The van der Waals surface area contributed by atoms with E-state index < -0.39 is 17.3 Å². The Bertz CT molecular complexity index is 2010. The van der Waals surface area contributed by atoms with Crippen LogP contribution in [0.2, 0.25) is 0 Å². The van der Waals surface area contributed by atoms with Crippen LogP contribution < -0.4 is 5.73 Å². The number of benzene rings is 2. The molecule has 6 rings (SSSR count). The van der Waals surface area contributed by atoms with Gasteiger partial charge in [0, 0.05) is 41.5 Å². The molecule has 10 heteroatoms. The highest BCUT2D eigenvalue weighted by Gasteiger charge is 2.27. The lowest BCUT2D eigenvalue weighted by molar-refractivity contribution is 0.0494. The fourth-order valence-corrected chi connectivity index (χ4v) is 5.45. The number of hydrogen-bond donors (Lipinski definition) is 1. The number of fused-ring (bicyclic) bond motifs is 2. The number of unbranched alkanes of at least 4 members (excludes halogenated alkanes) is 1. The zero-order valence-electron chi connectivity index (χ0n) is 30.1. The highest BCUT2D eigenvalue weighted by molar-refractivity contribution is 5.92. The van der Waals surface area contributed by atoms with Crippen LogP contribution in [-0.2, 0) is 20.6 Å². The number of anilines is 1. The van der Waals surface area contributed by atoms with Crippen LogP contribution >= 0.6 is 0 Å². The number of nitrogens with two attached hydrogens (primary N) is 1. The Morgan fingerprint density at radius 3 is 1.96 bits per heavy atom. The van der Waals surface area contributed by atoms with Crippen LogP contribution in [0.4, 0.5) is 15.3 Å². The van der Waals surface area contributed by atoms with Crippen molar-refractivity contribution in [3.63, 3.8) is 0 Å². The molecule has 1 aliphatic rings. The first-order chi connectivity index (χ1) is 23.6. The molecule has 1 fully saturated rings. The smallest absolute Gasteiger partial charge is 0.418 e. The minimum atomic E-state index is -0.561. The van der Waals surface area contributed by atoms with E-state index in [9.17, 15) is 14.4 Å². The van der Waals surface area contributed by atoms with E-state index in [4.69, 9.17) is 19.9 Å². The standard InChI is InChI=1S/C27H32N2O4.C13H16N2O2/c1-5-6-13-32-25(30)22-16-21(19-8-9-19)17-28-23(22)15-18-7-10-24-20(14-18)11-12-29(24)26(31)33-27(2,3)4;1-13(2,3)17-12(16)15-7-6-9-8-10(14)4-5-11(9)15/h7,10-12,14,16-17,19H,5-6,8-9,13,15H2,1-4H3;4-8H,14H2,1-3H3. The first-order valence-corrected chi connectivity index (χ1v) is 17.2. The summed E-state index contributed by atoms with van der Waals surface area (Å²) in [5.74, 6) is 0.211. The van der Waals surface area contributed by atoms with E-state index >= 15 is 0 Å². The lowest BCUT2D eigenvalue weighted by Crippen LogP contribution is -2.26. The Morgan fingerprint density at radius 1 is 0.820 bits per heavy atom. The molecule has 10 nitrogen and oxygen atoms in total. The molecule has 0 saturated heterocycles. The Morgan fingerprint density at radius 2 is 1.40 bits per heavy atom. The molecule has 0 unspecified atom stereocenters. The van der Waals surface area contributed by atoms with Crippen molar-refractivity contribution in [3.8, 4) is 0 Å². The summed E-state index contributed by atoms with van der Waals surface area (Å²) in [5, 5.41) is 1.86. The molecule has 0 aliphatic heterocycles. The first-order valence-electron chi connectivity index (χ1n) is 17.2. The van der Waals surface area contributed by atoms with E-state index in [2.05, 4.69) is 11.9 Å². The Hall–Kier alpha value is -5.12. The lowest BCUT2D eigenvalue weighted by Gasteiger charge is -2.19. The number of rotatable bonds is 7. The summed E-state index contributed by atoms with van der Waals surface area (Å²) in [6.07, 6.45) is 9.17. The molecule has 0 atom stereocenters. The van der Waals surface area contributed by atoms with Gasteiger partial charge in [-0.05, 0) is 126 Å². The lowest BCUT2D eigenvalue weighted by atomic mass is 10.0. The maximum Gasteiger partial charge on any atom is 0.418 e. The van der Waals surface area contributed by atoms with Crippen molar-refractivity contribution in [1.29, 1.82) is 0 Å². The third kappa shape index (κ3) is 9.31. The Balaban J connectivity index is 0.000000240. The van der Waals surface area contributed by atoms with Gasteiger partial charge < -0.3 is 19.9 Å². The van der Waals surface area contributed by atoms with E-state index in [1.807, 2.05) is 96.3 Å². The van der Waals surface area contributed by atoms with E-state index in [0.717, 1.165) is 58.6 Å². The molecule has 1 saturated carbocycles. The van der Waals surface area contributed by atoms with Gasteiger partial charge in [-0.25, -0.2) is 14.4 Å². The highest BCUT2D eigenvalue weighted by atomic mass is 16.6. The summed E-state index contributed by atoms with van der Waals surface area (Å²) >= 11 is 0. The quantitative estimate of drug-likeness (QED) is 0.0780. The van der Waals surface area contributed by atoms with Crippen molar-refractivity contribution in [2.75, 3.05) is 12.3 Å². The van der Waals surface area contributed by atoms with Crippen molar-refractivity contribution in [2.45, 2.75) is 97.7 Å². The van der Waals surface area contributed by atoms with Gasteiger partial charge in [0.25, 0.3) is 0 Å². The number of hydrogen-bond acceptors (Lipinski definition) is 8.